The molecule has 2 amide bonds. The van der Waals surface area contributed by atoms with Crippen molar-refractivity contribution in [3.05, 3.63) is 29.8 Å². The smallest absolute Gasteiger partial charge is 0.317 e. The highest BCUT2D eigenvalue weighted by atomic mass is 16.5. The van der Waals surface area contributed by atoms with Crippen LogP contribution in [0.5, 0.6) is 5.75 Å². The van der Waals surface area contributed by atoms with E-state index in [9.17, 15) is 4.79 Å². The van der Waals surface area contributed by atoms with Crippen LogP contribution < -0.4 is 10.1 Å². The number of methoxy groups -OCH3 is 2. The molecule has 0 aliphatic carbocycles. The fourth-order valence-corrected chi connectivity index (χ4v) is 2.62. The number of urea groups is 1. The lowest BCUT2D eigenvalue weighted by atomic mass is 10.2. The summed E-state index contributed by atoms with van der Waals surface area (Å²) in [5.41, 5.74) is 1.03. The van der Waals surface area contributed by atoms with Gasteiger partial charge in [-0.1, -0.05) is 12.1 Å². The third-order valence-electron chi connectivity index (χ3n) is 3.83. The lowest BCUT2D eigenvalue weighted by molar-refractivity contribution is 0.0790. The maximum Gasteiger partial charge on any atom is 0.317 e. The molecule has 0 unspecified atom stereocenters. The Balaban J connectivity index is 2.00. The lowest BCUT2D eigenvalue weighted by Crippen LogP contribution is -2.44. The largest absolute Gasteiger partial charge is 0.497 e. The molecule has 0 aromatic heterocycles. The minimum Gasteiger partial charge on any atom is -0.497 e. The van der Waals surface area contributed by atoms with Crippen LogP contribution in [0.4, 0.5) is 4.79 Å². The number of rotatable bonds is 8. The molecule has 0 bridgehead atoms. The lowest BCUT2D eigenvalue weighted by Gasteiger charge is -2.26. The molecule has 6 nitrogen and oxygen atoms in total. The van der Waals surface area contributed by atoms with Gasteiger partial charge in [-0.2, -0.15) is 0 Å². The van der Waals surface area contributed by atoms with E-state index in [1.807, 2.05) is 24.3 Å². The summed E-state index contributed by atoms with van der Waals surface area (Å²) in [6, 6.07) is 7.67. The van der Waals surface area contributed by atoms with E-state index in [0.717, 1.165) is 30.8 Å². The maximum absolute atomic E-state index is 12.4. The second-order valence-electron chi connectivity index (χ2n) is 5.59. The highest BCUT2D eigenvalue weighted by Gasteiger charge is 2.22. The topological polar surface area (TPSA) is 60.0 Å². The molecule has 0 spiro atoms. The highest BCUT2D eigenvalue weighted by molar-refractivity contribution is 5.74. The Bertz CT molecular complexity index is 489. The standard InChI is InChI=1S/C17H26N2O4/c1-21-10-8-18-17(20)19(13-16-7-4-9-23-16)12-14-5-3-6-15(11-14)22-2/h3,5-6,11,16H,4,7-10,12-13H2,1-2H3,(H,18,20)/t16-/m0/s1. The molecule has 1 fully saturated rings. The van der Waals surface area contributed by atoms with Crippen LogP contribution in [0.25, 0.3) is 0 Å². The zero-order chi connectivity index (χ0) is 16.5. The molecule has 2 rings (SSSR count). The van der Waals surface area contributed by atoms with Gasteiger partial charge < -0.3 is 24.4 Å². The second-order valence-corrected chi connectivity index (χ2v) is 5.59. The molecule has 1 atom stereocenters. The number of carbonyl (C=O) groups is 1. The molecule has 1 aromatic rings. The summed E-state index contributed by atoms with van der Waals surface area (Å²) in [6.07, 6.45) is 2.18. The summed E-state index contributed by atoms with van der Waals surface area (Å²) in [4.78, 5) is 14.2. The molecule has 23 heavy (non-hydrogen) atoms. The van der Waals surface area contributed by atoms with E-state index in [4.69, 9.17) is 14.2 Å². The summed E-state index contributed by atoms with van der Waals surface area (Å²) < 4.78 is 15.9. The van der Waals surface area contributed by atoms with E-state index < -0.39 is 0 Å². The van der Waals surface area contributed by atoms with Crippen molar-refractivity contribution >= 4 is 6.03 Å². The average Bonchev–Trinajstić information content (AvgIpc) is 3.07. The minimum atomic E-state index is -0.0969. The Kier molecular flexibility index (Phi) is 7.16. The zero-order valence-electron chi connectivity index (χ0n) is 13.9. The second kappa shape index (κ2) is 9.37. The van der Waals surface area contributed by atoms with Crippen LogP contribution in [0.2, 0.25) is 0 Å². The van der Waals surface area contributed by atoms with Gasteiger partial charge in [0.25, 0.3) is 0 Å². The van der Waals surface area contributed by atoms with Crippen LogP contribution in [0.15, 0.2) is 24.3 Å². The van der Waals surface area contributed by atoms with Gasteiger partial charge in [-0.25, -0.2) is 4.79 Å². The number of benzene rings is 1. The fourth-order valence-electron chi connectivity index (χ4n) is 2.62. The van der Waals surface area contributed by atoms with Gasteiger partial charge in [-0.05, 0) is 30.5 Å². The number of amides is 2. The number of carbonyl (C=O) groups excluding carboxylic acids is 1. The predicted molar refractivity (Wildman–Crippen MR) is 87.7 cm³/mol. The van der Waals surface area contributed by atoms with Crippen LogP contribution in [0, 0.1) is 0 Å². The minimum absolute atomic E-state index is 0.0969. The van der Waals surface area contributed by atoms with E-state index >= 15 is 0 Å². The first-order valence-electron chi connectivity index (χ1n) is 7.99. The maximum atomic E-state index is 12.4. The normalized spacial score (nSPS) is 17.0. The molecule has 0 saturated carbocycles. The van der Waals surface area contributed by atoms with Gasteiger partial charge in [0.1, 0.15) is 5.75 Å². The summed E-state index contributed by atoms with van der Waals surface area (Å²) in [6.45, 7) is 2.89. The van der Waals surface area contributed by atoms with E-state index in [2.05, 4.69) is 5.32 Å². The Morgan fingerprint density at radius 1 is 1.43 bits per heavy atom. The molecule has 1 heterocycles. The van der Waals surface area contributed by atoms with Gasteiger partial charge in [-0.3, -0.25) is 0 Å². The van der Waals surface area contributed by atoms with Crippen LogP contribution in [0.1, 0.15) is 18.4 Å². The first-order chi connectivity index (χ1) is 11.2. The van der Waals surface area contributed by atoms with Crippen molar-refractivity contribution in [2.24, 2.45) is 0 Å². The molecule has 6 heteroatoms. The Labute approximate surface area is 137 Å². The third-order valence-corrected chi connectivity index (χ3v) is 3.83. The molecule has 1 saturated heterocycles. The summed E-state index contributed by atoms with van der Waals surface area (Å²) in [7, 11) is 3.26. The number of nitrogens with one attached hydrogen (secondary N) is 1. The first-order valence-corrected chi connectivity index (χ1v) is 7.99. The van der Waals surface area contributed by atoms with Gasteiger partial charge in [0, 0.05) is 33.4 Å². The predicted octanol–water partition coefficient (Wildman–Crippen LogP) is 2.03. The quantitative estimate of drug-likeness (QED) is 0.744. The SMILES string of the molecule is COCCNC(=O)N(Cc1cccc(OC)c1)C[C@@H]1CCCO1. The van der Waals surface area contributed by atoms with Crippen molar-refractivity contribution in [2.45, 2.75) is 25.5 Å². The van der Waals surface area contributed by atoms with Crippen molar-refractivity contribution in [2.75, 3.05) is 40.5 Å². The van der Waals surface area contributed by atoms with Crippen molar-refractivity contribution in [3.8, 4) is 5.75 Å². The van der Waals surface area contributed by atoms with Crippen LogP contribution in [-0.4, -0.2) is 57.6 Å². The molecule has 1 aliphatic rings. The molecule has 1 N–H and O–H groups in total. The highest BCUT2D eigenvalue weighted by Crippen LogP contribution is 2.17. The number of nitrogens with zero attached hydrogens (tertiary/aromatic N) is 1. The Morgan fingerprint density at radius 3 is 3.00 bits per heavy atom. The van der Waals surface area contributed by atoms with Gasteiger partial charge in [-0.15, -0.1) is 0 Å². The zero-order valence-corrected chi connectivity index (χ0v) is 13.9. The van der Waals surface area contributed by atoms with Crippen LogP contribution in [-0.2, 0) is 16.0 Å². The summed E-state index contributed by atoms with van der Waals surface area (Å²) in [5.74, 6) is 0.791. The number of hydrogen-bond acceptors (Lipinski definition) is 4. The van der Waals surface area contributed by atoms with Crippen molar-refractivity contribution in [1.82, 2.24) is 10.2 Å². The Hall–Kier alpha value is -1.79. The van der Waals surface area contributed by atoms with E-state index in [1.165, 1.54) is 0 Å². The van der Waals surface area contributed by atoms with E-state index in [1.54, 1.807) is 19.1 Å². The monoisotopic (exact) mass is 322 g/mol. The number of ether oxygens (including phenoxy) is 3. The van der Waals surface area contributed by atoms with Crippen molar-refractivity contribution in [3.63, 3.8) is 0 Å². The van der Waals surface area contributed by atoms with Crippen molar-refractivity contribution < 1.29 is 19.0 Å². The molecular formula is C17H26N2O4. The van der Waals surface area contributed by atoms with Crippen molar-refractivity contribution in [1.29, 1.82) is 0 Å². The molecule has 1 aliphatic heterocycles. The van der Waals surface area contributed by atoms with E-state index in [-0.39, 0.29) is 12.1 Å². The molecule has 128 valence electrons. The molecule has 0 radical (unpaired) electrons. The average molecular weight is 322 g/mol. The van der Waals surface area contributed by atoms with Gasteiger partial charge in [0.05, 0.1) is 19.8 Å². The van der Waals surface area contributed by atoms with Gasteiger partial charge in [0.15, 0.2) is 0 Å². The molecular weight excluding hydrogens is 296 g/mol. The first kappa shape index (κ1) is 17.6. The Morgan fingerprint density at radius 2 is 2.30 bits per heavy atom. The van der Waals surface area contributed by atoms with Gasteiger partial charge in [0.2, 0.25) is 0 Å². The summed E-state index contributed by atoms with van der Waals surface area (Å²) >= 11 is 0. The van der Waals surface area contributed by atoms with Crippen LogP contribution in [0.3, 0.4) is 0 Å². The fraction of sp³-hybridized carbons (Fsp3) is 0.588. The number of hydrogen-bond donors (Lipinski definition) is 1. The van der Waals surface area contributed by atoms with E-state index in [0.29, 0.717) is 26.2 Å². The molecule has 1 aromatic carbocycles. The van der Waals surface area contributed by atoms with Gasteiger partial charge >= 0.3 is 6.03 Å². The summed E-state index contributed by atoms with van der Waals surface area (Å²) in [5, 5.41) is 2.88. The van der Waals surface area contributed by atoms with Crippen LogP contribution >= 0.6 is 0 Å². The third kappa shape index (κ3) is 5.73.